The van der Waals surface area contributed by atoms with E-state index in [4.69, 9.17) is 0 Å². The molecule has 4 nitrogen and oxygen atoms in total. The lowest BCUT2D eigenvalue weighted by atomic mass is 9.77. The molecule has 2 aromatic heterocycles. The number of imidazole rings is 1. The van der Waals surface area contributed by atoms with Crippen LogP contribution in [-0.2, 0) is 5.54 Å². The highest BCUT2D eigenvalue weighted by atomic mass is 16.1. The average Bonchev–Trinajstić information content (AvgIpc) is 3.45. The second-order valence-electron chi connectivity index (χ2n) is 8.68. The highest BCUT2D eigenvalue weighted by Crippen LogP contribution is 2.40. The third-order valence-corrected chi connectivity index (χ3v) is 6.67. The van der Waals surface area contributed by atoms with Crippen molar-refractivity contribution in [1.82, 2.24) is 14.5 Å². The summed E-state index contributed by atoms with van der Waals surface area (Å²) in [5.74, 6) is -0.129. The SMILES string of the molecule is O=C(c1cn(C(c2ccccc2)(c2ccccc2)c2ccccc2)cn1)c1ccnc2ccccc12. The number of ketones is 1. The number of pyridine rings is 1. The lowest BCUT2D eigenvalue weighted by Gasteiger charge is -2.37. The number of hydrogen-bond acceptors (Lipinski definition) is 3. The van der Waals surface area contributed by atoms with Crippen LogP contribution in [0, 0.1) is 0 Å². The van der Waals surface area contributed by atoms with Crippen LogP contribution in [0.1, 0.15) is 32.7 Å². The Labute approximate surface area is 209 Å². The van der Waals surface area contributed by atoms with Gasteiger partial charge in [0.25, 0.3) is 0 Å². The zero-order valence-corrected chi connectivity index (χ0v) is 19.5. The van der Waals surface area contributed by atoms with E-state index in [0.717, 1.165) is 27.6 Å². The van der Waals surface area contributed by atoms with Crippen molar-refractivity contribution in [2.24, 2.45) is 0 Å². The molecule has 0 aliphatic heterocycles. The molecule has 2 heterocycles. The van der Waals surface area contributed by atoms with Crippen LogP contribution >= 0.6 is 0 Å². The largest absolute Gasteiger partial charge is 0.318 e. The Balaban J connectivity index is 1.58. The predicted octanol–water partition coefficient (Wildman–Crippen LogP) is 6.50. The molecule has 6 aromatic rings. The van der Waals surface area contributed by atoms with Gasteiger partial charge in [-0.25, -0.2) is 4.98 Å². The Morgan fingerprint density at radius 2 is 1.14 bits per heavy atom. The lowest BCUT2D eigenvalue weighted by molar-refractivity contribution is 0.103. The van der Waals surface area contributed by atoms with E-state index in [2.05, 4.69) is 50.9 Å². The lowest BCUT2D eigenvalue weighted by Crippen LogP contribution is -2.37. The number of carbonyl (C=O) groups is 1. The Bertz CT molecular complexity index is 1540. The number of aromatic nitrogens is 3. The van der Waals surface area contributed by atoms with Crippen LogP contribution < -0.4 is 0 Å². The third-order valence-electron chi connectivity index (χ3n) is 6.67. The van der Waals surface area contributed by atoms with E-state index in [1.54, 1.807) is 18.6 Å². The number of para-hydroxylation sites is 1. The van der Waals surface area contributed by atoms with Crippen LogP contribution in [0.2, 0.25) is 0 Å². The number of hydrogen-bond donors (Lipinski definition) is 0. The molecule has 36 heavy (non-hydrogen) atoms. The van der Waals surface area contributed by atoms with Crippen molar-refractivity contribution in [3.63, 3.8) is 0 Å². The Morgan fingerprint density at radius 1 is 0.611 bits per heavy atom. The summed E-state index contributed by atoms with van der Waals surface area (Å²) in [4.78, 5) is 22.7. The maximum Gasteiger partial charge on any atom is 0.213 e. The van der Waals surface area contributed by atoms with E-state index < -0.39 is 5.54 Å². The monoisotopic (exact) mass is 465 g/mol. The van der Waals surface area contributed by atoms with Gasteiger partial charge in [0.15, 0.2) is 0 Å². The summed E-state index contributed by atoms with van der Waals surface area (Å²) in [5, 5.41) is 0.819. The fourth-order valence-electron chi connectivity index (χ4n) is 5.04. The number of nitrogens with zero attached hydrogens (tertiary/aromatic N) is 3. The molecule has 0 saturated carbocycles. The van der Waals surface area contributed by atoms with Crippen molar-refractivity contribution in [2.45, 2.75) is 5.54 Å². The van der Waals surface area contributed by atoms with E-state index in [0.29, 0.717) is 11.3 Å². The Kier molecular flexibility index (Phi) is 5.47. The van der Waals surface area contributed by atoms with Crippen molar-refractivity contribution >= 4 is 16.7 Å². The van der Waals surface area contributed by atoms with E-state index >= 15 is 0 Å². The van der Waals surface area contributed by atoms with Gasteiger partial charge >= 0.3 is 0 Å². The number of carbonyl (C=O) groups excluding carboxylic acids is 1. The van der Waals surface area contributed by atoms with Gasteiger partial charge in [-0.05, 0) is 28.8 Å². The molecule has 6 rings (SSSR count). The number of benzene rings is 4. The van der Waals surface area contributed by atoms with Crippen LogP contribution in [0.15, 0.2) is 140 Å². The topological polar surface area (TPSA) is 47.8 Å². The zero-order valence-electron chi connectivity index (χ0n) is 19.5. The minimum Gasteiger partial charge on any atom is -0.318 e. The smallest absolute Gasteiger partial charge is 0.213 e. The first-order valence-electron chi connectivity index (χ1n) is 11.9. The number of fused-ring (bicyclic) bond motifs is 1. The molecule has 4 aromatic carbocycles. The molecular weight excluding hydrogens is 442 g/mol. The van der Waals surface area contributed by atoms with Gasteiger partial charge < -0.3 is 4.57 Å². The molecule has 0 N–H and O–H groups in total. The molecule has 0 spiro atoms. The molecular formula is C32H23N3O. The Morgan fingerprint density at radius 3 is 1.72 bits per heavy atom. The molecule has 0 bridgehead atoms. The minimum absolute atomic E-state index is 0.129. The van der Waals surface area contributed by atoms with Gasteiger partial charge in [-0.2, -0.15) is 0 Å². The zero-order chi connectivity index (χ0) is 24.4. The quantitative estimate of drug-likeness (QED) is 0.208. The van der Waals surface area contributed by atoms with Crippen LogP contribution in [0.5, 0.6) is 0 Å². The highest BCUT2D eigenvalue weighted by Gasteiger charge is 2.38. The fourth-order valence-corrected chi connectivity index (χ4v) is 5.04. The van der Waals surface area contributed by atoms with Gasteiger partial charge in [0, 0.05) is 23.3 Å². The fraction of sp³-hybridized carbons (Fsp3) is 0.0312. The maximum atomic E-state index is 13.7. The third kappa shape index (κ3) is 3.51. The molecule has 0 fully saturated rings. The molecule has 172 valence electrons. The van der Waals surface area contributed by atoms with E-state index in [1.165, 1.54) is 0 Å². The van der Waals surface area contributed by atoms with Crippen molar-refractivity contribution in [3.05, 3.63) is 168 Å². The molecule has 0 atom stereocenters. The van der Waals surface area contributed by atoms with Crippen molar-refractivity contribution in [3.8, 4) is 0 Å². The number of rotatable bonds is 6. The van der Waals surface area contributed by atoms with E-state index in [-0.39, 0.29) is 5.78 Å². The van der Waals surface area contributed by atoms with Gasteiger partial charge in [0.05, 0.1) is 11.8 Å². The molecule has 0 radical (unpaired) electrons. The highest BCUT2D eigenvalue weighted by molar-refractivity contribution is 6.14. The molecule has 0 aliphatic carbocycles. The van der Waals surface area contributed by atoms with Crippen molar-refractivity contribution in [1.29, 1.82) is 0 Å². The summed E-state index contributed by atoms with van der Waals surface area (Å²) in [6.45, 7) is 0. The summed E-state index contributed by atoms with van der Waals surface area (Å²) in [7, 11) is 0. The van der Waals surface area contributed by atoms with Gasteiger partial charge in [0.2, 0.25) is 5.78 Å². The van der Waals surface area contributed by atoms with Crippen LogP contribution in [0.25, 0.3) is 10.9 Å². The van der Waals surface area contributed by atoms with Gasteiger partial charge in [-0.1, -0.05) is 109 Å². The van der Waals surface area contributed by atoms with Gasteiger partial charge in [-0.3, -0.25) is 9.78 Å². The first-order chi connectivity index (χ1) is 17.8. The predicted molar refractivity (Wildman–Crippen MR) is 142 cm³/mol. The maximum absolute atomic E-state index is 13.7. The van der Waals surface area contributed by atoms with Crippen LogP contribution in [0.3, 0.4) is 0 Å². The molecule has 0 unspecified atom stereocenters. The summed E-state index contributed by atoms with van der Waals surface area (Å²) >= 11 is 0. The standard InChI is InChI=1S/C32H23N3O/c36-31(28-20-21-33-29-19-11-10-18-27(28)29)30-22-35(23-34-30)32(24-12-4-1-5-13-24,25-14-6-2-7-15-25)26-16-8-3-9-17-26/h1-23H. The summed E-state index contributed by atoms with van der Waals surface area (Å²) in [6.07, 6.45) is 5.31. The first kappa shape index (κ1) is 21.7. The van der Waals surface area contributed by atoms with Gasteiger partial charge in [-0.15, -0.1) is 0 Å². The van der Waals surface area contributed by atoms with E-state index in [1.807, 2.05) is 85.1 Å². The molecule has 0 amide bonds. The van der Waals surface area contributed by atoms with Crippen LogP contribution in [0.4, 0.5) is 0 Å². The average molecular weight is 466 g/mol. The Hall–Kier alpha value is -4.83. The van der Waals surface area contributed by atoms with Crippen LogP contribution in [-0.4, -0.2) is 20.3 Å². The summed E-state index contributed by atoms with van der Waals surface area (Å²) < 4.78 is 2.06. The second kappa shape index (κ2) is 9.08. The normalized spacial score (nSPS) is 11.4. The minimum atomic E-state index is -0.713. The molecule has 0 aliphatic rings. The van der Waals surface area contributed by atoms with Crippen molar-refractivity contribution < 1.29 is 4.79 Å². The summed E-state index contributed by atoms with van der Waals surface area (Å²) in [6, 6.07) is 40.5. The second-order valence-corrected chi connectivity index (χ2v) is 8.68. The van der Waals surface area contributed by atoms with Crippen molar-refractivity contribution in [2.75, 3.05) is 0 Å². The van der Waals surface area contributed by atoms with E-state index in [9.17, 15) is 4.79 Å². The molecule has 0 saturated heterocycles. The van der Waals surface area contributed by atoms with Gasteiger partial charge in [0.1, 0.15) is 11.2 Å². The first-order valence-corrected chi connectivity index (χ1v) is 11.9. The molecule has 4 heteroatoms. The summed E-state index contributed by atoms with van der Waals surface area (Å²) in [5.41, 5.74) is 4.29.